The van der Waals surface area contributed by atoms with E-state index < -0.39 is 0 Å². The van der Waals surface area contributed by atoms with Gasteiger partial charge in [-0.1, -0.05) is 45.8 Å². The summed E-state index contributed by atoms with van der Waals surface area (Å²) in [4.78, 5) is 4.44. The number of para-hydroxylation sites is 2. The van der Waals surface area contributed by atoms with Gasteiger partial charge in [0.15, 0.2) is 0 Å². The van der Waals surface area contributed by atoms with Crippen molar-refractivity contribution < 1.29 is 0 Å². The van der Waals surface area contributed by atoms with Gasteiger partial charge in [-0.15, -0.1) is 0 Å². The molecule has 3 heteroatoms. The molecule has 0 saturated carbocycles. The summed E-state index contributed by atoms with van der Waals surface area (Å²) in [6.07, 6.45) is 1.89. The van der Waals surface area contributed by atoms with E-state index in [1.165, 1.54) is 16.8 Å². The van der Waals surface area contributed by atoms with Crippen molar-refractivity contribution in [2.75, 3.05) is 0 Å². The largest absolute Gasteiger partial charge is 0.299 e. The highest BCUT2D eigenvalue weighted by atomic mass is 79.9. The summed E-state index contributed by atoms with van der Waals surface area (Å²) in [7, 11) is 0. The third-order valence-electron chi connectivity index (χ3n) is 3.09. The van der Waals surface area contributed by atoms with Gasteiger partial charge in [-0.05, 0) is 30.7 Å². The zero-order valence-corrected chi connectivity index (χ0v) is 11.7. The van der Waals surface area contributed by atoms with Crippen molar-refractivity contribution >= 4 is 27.0 Å². The Balaban J connectivity index is 2.26. The molecule has 2 nitrogen and oxygen atoms in total. The zero-order valence-electron chi connectivity index (χ0n) is 10.1. The summed E-state index contributed by atoms with van der Waals surface area (Å²) in [5.41, 5.74) is 5.91. The molecular formula is C15H13BrN2. The van der Waals surface area contributed by atoms with Crippen molar-refractivity contribution in [2.24, 2.45) is 0 Å². The van der Waals surface area contributed by atoms with Gasteiger partial charge in [-0.25, -0.2) is 4.98 Å². The highest BCUT2D eigenvalue weighted by Crippen LogP contribution is 2.23. The van der Waals surface area contributed by atoms with E-state index in [4.69, 9.17) is 0 Å². The first kappa shape index (κ1) is 11.5. The van der Waals surface area contributed by atoms with Crippen LogP contribution < -0.4 is 0 Å². The van der Waals surface area contributed by atoms with E-state index in [0.717, 1.165) is 16.4 Å². The van der Waals surface area contributed by atoms with E-state index in [1.54, 1.807) is 0 Å². The molecule has 1 aromatic heterocycles. The summed E-state index contributed by atoms with van der Waals surface area (Å²) in [6, 6.07) is 14.7. The molecule has 3 rings (SSSR count). The molecule has 0 fully saturated rings. The van der Waals surface area contributed by atoms with E-state index >= 15 is 0 Å². The minimum absolute atomic E-state index is 0.844. The van der Waals surface area contributed by atoms with Gasteiger partial charge in [0, 0.05) is 5.33 Å². The number of benzene rings is 2. The first-order valence-corrected chi connectivity index (χ1v) is 6.99. The molecule has 2 aromatic carbocycles. The lowest BCUT2D eigenvalue weighted by atomic mass is 10.1. The van der Waals surface area contributed by atoms with Crippen LogP contribution in [0.25, 0.3) is 16.7 Å². The van der Waals surface area contributed by atoms with Crippen LogP contribution in [-0.4, -0.2) is 9.55 Å². The highest BCUT2D eigenvalue weighted by Gasteiger charge is 2.07. The number of nitrogens with zero attached hydrogens (tertiary/aromatic N) is 2. The fraction of sp³-hybridized carbons (Fsp3) is 0.133. The molecule has 0 spiro atoms. The molecule has 0 N–H and O–H groups in total. The molecule has 18 heavy (non-hydrogen) atoms. The predicted octanol–water partition coefficient (Wildman–Crippen LogP) is 4.23. The molecule has 0 unspecified atom stereocenters. The molecule has 0 atom stereocenters. The van der Waals surface area contributed by atoms with Crippen LogP contribution in [0.15, 0.2) is 48.8 Å². The number of hydrogen-bond acceptors (Lipinski definition) is 1. The van der Waals surface area contributed by atoms with Crippen molar-refractivity contribution in [1.82, 2.24) is 9.55 Å². The van der Waals surface area contributed by atoms with Gasteiger partial charge in [0.05, 0.1) is 16.7 Å². The van der Waals surface area contributed by atoms with Gasteiger partial charge >= 0.3 is 0 Å². The van der Waals surface area contributed by atoms with Gasteiger partial charge in [0.1, 0.15) is 6.33 Å². The van der Waals surface area contributed by atoms with Gasteiger partial charge < -0.3 is 0 Å². The maximum Gasteiger partial charge on any atom is 0.100 e. The van der Waals surface area contributed by atoms with E-state index in [1.807, 2.05) is 24.5 Å². The van der Waals surface area contributed by atoms with Gasteiger partial charge in [0.2, 0.25) is 0 Å². The smallest absolute Gasteiger partial charge is 0.100 e. The van der Waals surface area contributed by atoms with E-state index in [0.29, 0.717) is 0 Å². The molecule has 0 saturated heterocycles. The Kier molecular flexibility index (Phi) is 2.92. The number of alkyl halides is 1. The second-order valence-electron chi connectivity index (χ2n) is 4.37. The highest BCUT2D eigenvalue weighted by molar-refractivity contribution is 9.08. The third kappa shape index (κ3) is 1.85. The third-order valence-corrected chi connectivity index (χ3v) is 3.70. The lowest BCUT2D eigenvalue weighted by molar-refractivity contribution is 1.07. The van der Waals surface area contributed by atoms with Crippen LogP contribution in [0.1, 0.15) is 11.1 Å². The maximum absolute atomic E-state index is 4.44. The van der Waals surface area contributed by atoms with Crippen LogP contribution in [0.3, 0.4) is 0 Å². The Morgan fingerprint density at radius 2 is 2.00 bits per heavy atom. The van der Waals surface area contributed by atoms with Crippen LogP contribution in [-0.2, 0) is 5.33 Å². The molecule has 0 aliphatic rings. The first-order valence-electron chi connectivity index (χ1n) is 5.87. The monoisotopic (exact) mass is 300 g/mol. The number of fused-ring (bicyclic) bond motifs is 1. The molecule has 0 aliphatic carbocycles. The molecule has 0 radical (unpaired) electrons. The van der Waals surface area contributed by atoms with Crippen molar-refractivity contribution in [3.05, 3.63) is 59.9 Å². The lowest BCUT2D eigenvalue weighted by Crippen LogP contribution is -1.97. The minimum Gasteiger partial charge on any atom is -0.299 e. The van der Waals surface area contributed by atoms with Crippen LogP contribution in [0.5, 0.6) is 0 Å². The number of rotatable bonds is 2. The molecule has 3 aromatic rings. The Morgan fingerprint density at radius 3 is 2.83 bits per heavy atom. The Morgan fingerprint density at radius 1 is 1.17 bits per heavy atom. The fourth-order valence-corrected chi connectivity index (χ4v) is 2.66. The quantitative estimate of drug-likeness (QED) is 0.648. The number of imidazole rings is 1. The molecule has 0 amide bonds. The molecule has 0 bridgehead atoms. The standard InChI is InChI=1S/C15H13BrN2/c1-11-6-7-14(12(8-11)9-16)18-10-17-13-4-2-3-5-15(13)18/h2-8,10H,9H2,1H3. The second kappa shape index (κ2) is 4.58. The van der Waals surface area contributed by atoms with Gasteiger partial charge in [-0.3, -0.25) is 4.57 Å². The fourth-order valence-electron chi connectivity index (χ4n) is 2.21. The van der Waals surface area contributed by atoms with Crippen LogP contribution in [0, 0.1) is 6.92 Å². The zero-order chi connectivity index (χ0) is 12.5. The van der Waals surface area contributed by atoms with Crippen LogP contribution in [0.4, 0.5) is 0 Å². The Hall–Kier alpha value is -1.61. The van der Waals surface area contributed by atoms with E-state index in [9.17, 15) is 0 Å². The summed E-state index contributed by atoms with van der Waals surface area (Å²) in [6.45, 7) is 2.11. The number of halogens is 1. The minimum atomic E-state index is 0.844. The average molecular weight is 301 g/mol. The molecule has 90 valence electrons. The van der Waals surface area contributed by atoms with Crippen molar-refractivity contribution in [2.45, 2.75) is 12.3 Å². The summed E-state index contributed by atoms with van der Waals surface area (Å²) < 4.78 is 2.14. The van der Waals surface area contributed by atoms with E-state index in [-0.39, 0.29) is 0 Å². The van der Waals surface area contributed by atoms with Crippen molar-refractivity contribution in [3.8, 4) is 5.69 Å². The Labute approximate surface area is 114 Å². The number of hydrogen-bond donors (Lipinski definition) is 0. The normalized spacial score (nSPS) is 11.0. The lowest BCUT2D eigenvalue weighted by Gasteiger charge is -2.10. The number of aryl methyl sites for hydroxylation is 1. The predicted molar refractivity (Wildman–Crippen MR) is 78.4 cm³/mol. The van der Waals surface area contributed by atoms with Gasteiger partial charge in [0.25, 0.3) is 0 Å². The molecule has 0 aliphatic heterocycles. The summed E-state index contributed by atoms with van der Waals surface area (Å²) in [5, 5.41) is 0.844. The van der Waals surface area contributed by atoms with Crippen molar-refractivity contribution in [3.63, 3.8) is 0 Å². The maximum atomic E-state index is 4.44. The topological polar surface area (TPSA) is 17.8 Å². The summed E-state index contributed by atoms with van der Waals surface area (Å²) in [5.74, 6) is 0. The average Bonchev–Trinajstić information content (AvgIpc) is 2.82. The molecular weight excluding hydrogens is 288 g/mol. The number of aromatic nitrogens is 2. The van der Waals surface area contributed by atoms with E-state index in [2.05, 4.69) is 56.7 Å². The Bertz CT molecular complexity index is 701. The SMILES string of the molecule is Cc1ccc(-n2cnc3ccccc32)c(CBr)c1. The van der Waals surface area contributed by atoms with Crippen LogP contribution >= 0.6 is 15.9 Å². The van der Waals surface area contributed by atoms with Crippen molar-refractivity contribution in [1.29, 1.82) is 0 Å². The summed E-state index contributed by atoms with van der Waals surface area (Å²) >= 11 is 3.56. The van der Waals surface area contributed by atoms with Crippen LogP contribution in [0.2, 0.25) is 0 Å². The second-order valence-corrected chi connectivity index (χ2v) is 4.93. The van der Waals surface area contributed by atoms with Gasteiger partial charge in [-0.2, -0.15) is 0 Å². The molecule has 1 heterocycles. The first-order chi connectivity index (χ1) is 8.79.